The van der Waals surface area contributed by atoms with E-state index in [-0.39, 0.29) is 0 Å². The molecule has 2 aliphatic heterocycles. The van der Waals surface area contributed by atoms with Crippen molar-refractivity contribution in [2.75, 3.05) is 26.2 Å². The molecule has 2 saturated heterocycles. The van der Waals surface area contributed by atoms with E-state index in [9.17, 15) is 0 Å². The predicted molar refractivity (Wildman–Crippen MR) is 95.9 cm³/mol. The van der Waals surface area contributed by atoms with Gasteiger partial charge in [-0.05, 0) is 24.5 Å². The Labute approximate surface area is 149 Å². The Morgan fingerprint density at radius 3 is 2.88 bits per heavy atom. The van der Waals surface area contributed by atoms with Crippen LogP contribution in [0.25, 0.3) is 0 Å². The highest BCUT2D eigenvalue weighted by atomic mass is 16.5. The second kappa shape index (κ2) is 7.64. The number of hydrogen-bond acceptors (Lipinski definition) is 5. The van der Waals surface area contributed by atoms with Crippen LogP contribution in [0.2, 0.25) is 0 Å². The number of aryl methyl sites for hydroxylation is 1. The first-order valence-electron chi connectivity index (χ1n) is 9.23. The summed E-state index contributed by atoms with van der Waals surface area (Å²) in [5.41, 5.74) is 1.29. The minimum absolute atomic E-state index is 0.344. The van der Waals surface area contributed by atoms with Crippen molar-refractivity contribution in [3.8, 4) is 0 Å². The van der Waals surface area contributed by atoms with Gasteiger partial charge in [-0.1, -0.05) is 6.07 Å². The molecule has 2 aromatic rings. The van der Waals surface area contributed by atoms with E-state index in [4.69, 9.17) is 4.74 Å². The summed E-state index contributed by atoms with van der Waals surface area (Å²) in [5, 5.41) is 0. The van der Waals surface area contributed by atoms with Crippen LogP contribution < -0.4 is 0 Å². The zero-order valence-corrected chi connectivity index (χ0v) is 14.9. The number of rotatable bonds is 4. The molecule has 2 fully saturated rings. The molecule has 4 heterocycles. The monoisotopic (exact) mass is 341 g/mol. The van der Waals surface area contributed by atoms with Gasteiger partial charge in [0.2, 0.25) is 0 Å². The predicted octanol–water partition coefficient (Wildman–Crippen LogP) is 1.68. The largest absolute Gasteiger partial charge is 0.375 e. The van der Waals surface area contributed by atoms with Crippen LogP contribution in [0.4, 0.5) is 0 Å². The molecule has 0 saturated carbocycles. The van der Waals surface area contributed by atoms with Crippen molar-refractivity contribution in [2.45, 2.75) is 38.1 Å². The molecule has 0 unspecified atom stereocenters. The Bertz CT molecular complexity index is 673. The van der Waals surface area contributed by atoms with E-state index < -0.39 is 0 Å². The Morgan fingerprint density at radius 1 is 1.16 bits per heavy atom. The van der Waals surface area contributed by atoms with E-state index in [1.54, 1.807) is 0 Å². The van der Waals surface area contributed by atoms with Crippen LogP contribution in [-0.2, 0) is 24.9 Å². The van der Waals surface area contributed by atoms with Gasteiger partial charge in [0.1, 0.15) is 5.82 Å². The maximum absolute atomic E-state index is 6.13. The maximum Gasteiger partial charge on any atom is 0.122 e. The van der Waals surface area contributed by atoms with Gasteiger partial charge in [-0.2, -0.15) is 0 Å². The Balaban J connectivity index is 1.41. The molecular weight excluding hydrogens is 314 g/mol. The lowest BCUT2D eigenvalue weighted by Crippen LogP contribution is -2.50. The highest BCUT2D eigenvalue weighted by Gasteiger charge is 2.34. The third kappa shape index (κ3) is 3.92. The standard InChI is InChI=1S/C19H27N5O/c1-22-10-7-21-19(22)15-23-8-4-17-18(5-9-23)25-12-11-24(17)14-16-3-2-6-20-13-16/h2-3,6-7,10,13,17-18H,4-5,8-9,11-12,14-15H2,1H3/t17-,18+/m1/s1. The van der Waals surface area contributed by atoms with Crippen LogP contribution in [0, 0.1) is 0 Å². The van der Waals surface area contributed by atoms with Gasteiger partial charge in [-0.15, -0.1) is 0 Å². The molecule has 0 amide bonds. The van der Waals surface area contributed by atoms with Gasteiger partial charge in [0.05, 0.1) is 19.3 Å². The quantitative estimate of drug-likeness (QED) is 0.847. The van der Waals surface area contributed by atoms with Crippen molar-refractivity contribution < 1.29 is 4.74 Å². The van der Waals surface area contributed by atoms with E-state index in [1.807, 2.05) is 30.9 Å². The number of hydrogen-bond donors (Lipinski definition) is 0. The number of ether oxygens (including phenoxy) is 1. The lowest BCUT2D eigenvalue weighted by Gasteiger charge is -2.40. The van der Waals surface area contributed by atoms with Gasteiger partial charge in [0.15, 0.2) is 0 Å². The molecule has 2 aromatic heterocycles. The van der Waals surface area contributed by atoms with Gasteiger partial charge < -0.3 is 9.30 Å². The SMILES string of the molecule is Cn1ccnc1CN1CC[C@@H]2OCCN(Cc3cccnc3)[C@@H]2CC1. The highest BCUT2D eigenvalue weighted by molar-refractivity contribution is 5.09. The summed E-state index contributed by atoms with van der Waals surface area (Å²) in [6.07, 6.45) is 10.3. The normalized spacial score (nSPS) is 25.5. The number of likely N-dealkylation sites (tertiary alicyclic amines) is 1. The summed E-state index contributed by atoms with van der Waals surface area (Å²) in [7, 11) is 2.07. The average molecular weight is 341 g/mol. The van der Waals surface area contributed by atoms with Crippen molar-refractivity contribution in [3.63, 3.8) is 0 Å². The third-order valence-electron chi connectivity index (χ3n) is 5.47. The molecule has 2 aliphatic rings. The topological polar surface area (TPSA) is 46.4 Å². The smallest absolute Gasteiger partial charge is 0.122 e. The van der Waals surface area contributed by atoms with Crippen LogP contribution in [0.1, 0.15) is 24.2 Å². The fourth-order valence-corrected chi connectivity index (χ4v) is 4.04. The maximum atomic E-state index is 6.13. The molecule has 0 spiro atoms. The first-order valence-corrected chi connectivity index (χ1v) is 9.23. The van der Waals surface area contributed by atoms with Gasteiger partial charge >= 0.3 is 0 Å². The molecule has 6 heteroatoms. The molecule has 0 aliphatic carbocycles. The van der Waals surface area contributed by atoms with Crippen molar-refractivity contribution in [1.29, 1.82) is 0 Å². The average Bonchev–Trinajstić information content (AvgIpc) is 2.91. The van der Waals surface area contributed by atoms with Crippen LogP contribution in [0.5, 0.6) is 0 Å². The molecular formula is C19H27N5O. The number of imidazole rings is 1. The number of morpholine rings is 1. The number of aromatic nitrogens is 3. The number of pyridine rings is 1. The fourth-order valence-electron chi connectivity index (χ4n) is 4.04. The molecule has 4 rings (SSSR count). The molecule has 2 atom stereocenters. The molecule has 25 heavy (non-hydrogen) atoms. The Morgan fingerprint density at radius 2 is 2.08 bits per heavy atom. The highest BCUT2D eigenvalue weighted by Crippen LogP contribution is 2.25. The minimum Gasteiger partial charge on any atom is -0.375 e. The van der Waals surface area contributed by atoms with Crippen molar-refractivity contribution in [2.24, 2.45) is 7.05 Å². The summed E-state index contributed by atoms with van der Waals surface area (Å²) in [5.74, 6) is 1.14. The van der Waals surface area contributed by atoms with Crippen molar-refractivity contribution >= 4 is 0 Å². The summed E-state index contributed by atoms with van der Waals surface area (Å²) in [6, 6.07) is 4.69. The van der Waals surface area contributed by atoms with Gasteiger partial charge in [-0.25, -0.2) is 4.98 Å². The summed E-state index contributed by atoms with van der Waals surface area (Å²) < 4.78 is 8.25. The first kappa shape index (κ1) is 16.7. The van der Waals surface area contributed by atoms with E-state index in [0.717, 1.165) is 58.0 Å². The summed E-state index contributed by atoms with van der Waals surface area (Å²) in [6.45, 7) is 5.91. The van der Waals surface area contributed by atoms with Gasteiger partial charge in [0, 0.05) is 64.1 Å². The minimum atomic E-state index is 0.344. The number of fused-ring (bicyclic) bond motifs is 1. The molecule has 0 aromatic carbocycles. The van der Waals surface area contributed by atoms with Crippen LogP contribution in [0.3, 0.4) is 0 Å². The van der Waals surface area contributed by atoms with Crippen molar-refractivity contribution in [1.82, 2.24) is 24.3 Å². The zero-order chi connectivity index (χ0) is 17.1. The Kier molecular flexibility index (Phi) is 5.10. The van der Waals surface area contributed by atoms with E-state index >= 15 is 0 Å². The zero-order valence-electron chi connectivity index (χ0n) is 14.9. The lowest BCUT2D eigenvalue weighted by atomic mass is 10.0. The van der Waals surface area contributed by atoms with Crippen LogP contribution in [0.15, 0.2) is 36.9 Å². The molecule has 134 valence electrons. The van der Waals surface area contributed by atoms with Crippen molar-refractivity contribution in [3.05, 3.63) is 48.3 Å². The van der Waals surface area contributed by atoms with E-state index in [2.05, 4.69) is 37.4 Å². The van der Waals surface area contributed by atoms with Gasteiger partial charge in [-0.3, -0.25) is 14.8 Å². The van der Waals surface area contributed by atoms with Gasteiger partial charge in [0.25, 0.3) is 0 Å². The molecule has 0 radical (unpaired) electrons. The number of nitrogens with zero attached hydrogens (tertiary/aromatic N) is 5. The second-order valence-corrected chi connectivity index (χ2v) is 7.12. The third-order valence-corrected chi connectivity index (χ3v) is 5.47. The summed E-state index contributed by atoms with van der Waals surface area (Å²) in [4.78, 5) is 13.8. The first-order chi connectivity index (χ1) is 12.3. The molecule has 6 nitrogen and oxygen atoms in total. The van der Waals surface area contributed by atoms with Crippen LogP contribution >= 0.6 is 0 Å². The van der Waals surface area contributed by atoms with E-state index in [1.165, 1.54) is 5.56 Å². The summed E-state index contributed by atoms with van der Waals surface area (Å²) >= 11 is 0. The van der Waals surface area contributed by atoms with E-state index in [0.29, 0.717) is 12.1 Å². The molecule has 0 N–H and O–H groups in total. The van der Waals surface area contributed by atoms with Crippen LogP contribution in [-0.4, -0.2) is 62.7 Å². The Hall–Kier alpha value is -1.76. The molecule has 0 bridgehead atoms. The fraction of sp³-hybridized carbons (Fsp3) is 0.579. The second-order valence-electron chi connectivity index (χ2n) is 7.12. The lowest BCUT2D eigenvalue weighted by molar-refractivity contribution is -0.0747.